The standard InChI is InChI=1S/C11H12N2O/c1-7-5-8-3-4-10(14-2)13-11(8)9(12)6-7/h3-6H,12H2,1-2H3. The lowest BCUT2D eigenvalue weighted by Gasteiger charge is -2.05. The fraction of sp³-hybridized carbons (Fsp3) is 0.182. The van der Waals surface area contributed by atoms with Crippen molar-refractivity contribution in [2.75, 3.05) is 12.8 Å². The van der Waals surface area contributed by atoms with Gasteiger partial charge in [-0.2, -0.15) is 0 Å². The Balaban J connectivity index is 2.75. The Morgan fingerprint density at radius 2 is 2.07 bits per heavy atom. The van der Waals surface area contributed by atoms with Crippen molar-refractivity contribution >= 4 is 16.6 Å². The van der Waals surface area contributed by atoms with E-state index in [1.807, 2.05) is 25.1 Å². The number of benzene rings is 1. The molecule has 2 aromatic rings. The Hall–Kier alpha value is -1.77. The van der Waals surface area contributed by atoms with Gasteiger partial charge in [0.05, 0.1) is 18.3 Å². The number of aromatic nitrogens is 1. The molecule has 0 aliphatic rings. The molecule has 0 atom stereocenters. The molecule has 1 aromatic carbocycles. The Labute approximate surface area is 82.5 Å². The first-order chi connectivity index (χ1) is 6.70. The maximum absolute atomic E-state index is 5.86. The second kappa shape index (κ2) is 3.18. The van der Waals surface area contributed by atoms with Crippen LogP contribution in [0, 0.1) is 6.92 Å². The average molecular weight is 188 g/mol. The van der Waals surface area contributed by atoms with Crippen LogP contribution in [0.25, 0.3) is 10.9 Å². The third kappa shape index (κ3) is 1.37. The maximum atomic E-state index is 5.86. The van der Waals surface area contributed by atoms with Crippen molar-refractivity contribution in [1.82, 2.24) is 4.98 Å². The summed E-state index contributed by atoms with van der Waals surface area (Å²) < 4.78 is 5.04. The van der Waals surface area contributed by atoms with Crippen LogP contribution in [0.5, 0.6) is 5.88 Å². The van der Waals surface area contributed by atoms with Gasteiger partial charge in [0.2, 0.25) is 5.88 Å². The number of pyridine rings is 1. The Bertz CT molecular complexity index is 480. The molecule has 0 radical (unpaired) electrons. The van der Waals surface area contributed by atoms with Crippen LogP contribution in [-0.2, 0) is 0 Å². The van der Waals surface area contributed by atoms with Gasteiger partial charge in [0, 0.05) is 11.5 Å². The van der Waals surface area contributed by atoms with Crippen LogP contribution in [-0.4, -0.2) is 12.1 Å². The van der Waals surface area contributed by atoms with Crippen molar-refractivity contribution < 1.29 is 4.74 Å². The Kier molecular flexibility index (Phi) is 2.00. The first kappa shape index (κ1) is 8.81. The van der Waals surface area contributed by atoms with Crippen molar-refractivity contribution in [3.8, 4) is 5.88 Å². The zero-order chi connectivity index (χ0) is 10.1. The largest absolute Gasteiger partial charge is 0.481 e. The number of anilines is 1. The third-order valence-corrected chi connectivity index (χ3v) is 2.15. The number of fused-ring (bicyclic) bond motifs is 1. The summed E-state index contributed by atoms with van der Waals surface area (Å²) >= 11 is 0. The van der Waals surface area contributed by atoms with E-state index in [4.69, 9.17) is 10.5 Å². The topological polar surface area (TPSA) is 48.1 Å². The number of hydrogen-bond donors (Lipinski definition) is 1. The lowest BCUT2D eigenvalue weighted by atomic mass is 10.1. The number of ether oxygens (including phenoxy) is 1. The number of aryl methyl sites for hydroxylation is 1. The molecule has 1 aromatic heterocycles. The molecule has 2 rings (SSSR count). The summed E-state index contributed by atoms with van der Waals surface area (Å²) in [6.07, 6.45) is 0. The van der Waals surface area contributed by atoms with E-state index in [2.05, 4.69) is 11.1 Å². The second-order valence-electron chi connectivity index (χ2n) is 3.28. The van der Waals surface area contributed by atoms with Gasteiger partial charge in [-0.05, 0) is 30.7 Å². The molecule has 14 heavy (non-hydrogen) atoms. The van der Waals surface area contributed by atoms with E-state index in [1.165, 1.54) is 0 Å². The molecule has 0 spiro atoms. The van der Waals surface area contributed by atoms with Crippen LogP contribution in [0.15, 0.2) is 24.3 Å². The van der Waals surface area contributed by atoms with Crippen LogP contribution in [0.1, 0.15) is 5.56 Å². The van der Waals surface area contributed by atoms with Gasteiger partial charge in [0.15, 0.2) is 0 Å². The monoisotopic (exact) mass is 188 g/mol. The van der Waals surface area contributed by atoms with Gasteiger partial charge >= 0.3 is 0 Å². The van der Waals surface area contributed by atoms with Gasteiger partial charge in [0.1, 0.15) is 0 Å². The highest BCUT2D eigenvalue weighted by Crippen LogP contribution is 2.23. The molecule has 3 heteroatoms. The van der Waals surface area contributed by atoms with Gasteiger partial charge in [-0.3, -0.25) is 0 Å². The van der Waals surface area contributed by atoms with Crippen molar-refractivity contribution in [3.63, 3.8) is 0 Å². The minimum absolute atomic E-state index is 0.591. The summed E-state index contributed by atoms with van der Waals surface area (Å²) in [6.45, 7) is 2.01. The summed E-state index contributed by atoms with van der Waals surface area (Å²) in [5, 5.41) is 1.04. The number of nitrogens with zero attached hydrogens (tertiary/aromatic N) is 1. The van der Waals surface area contributed by atoms with E-state index in [9.17, 15) is 0 Å². The van der Waals surface area contributed by atoms with E-state index in [0.717, 1.165) is 16.5 Å². The summed E-state index contributed by atoms with van der Waals surface area (Å²) in [6, 6.07) is 7.76. The molecule has 0 aliphatic carbocycles. The van der Waals surface area contributed by atoms with E-state index < -0.39 is 0 Å². The van der Waals surface area contributed by atoms with Crippen molar-refractivity contribution in [3.05, 3.63) is 29.8 Å². The number of methoxy groups -OCH3 is 1. The zero-order valence-electron chi connectivity index (χ0n) is 8.24. The van der Waals surface area contributed by atoms with E-state index in [0.29, 0.717) is 11.6 Å². The van der Waals surface area contributed by atoms with E-state index in [1.54, 1.807) is 7.11 Å². The molecule has 3 nitrogen and oxygen atoms in total. The molecule has 0 saturated heterocycles. The highest BCUT2D eigenvalue weighted by atomic mass is 16.5. The number of nitrogens with two attached hydrogens (primary N) is 1. The highest BCUT2D eigenvalue weighted by molar-refractivity contribution is 5.90. The van der Waals surface area contributed by atoms with Gasteiger partial charge in [-0.1, -0.05) is 0 Å². The van der Waals surface area contributed by atoms with E-state index >= 15 is 0 Å². The second-order valence-corrected chi connectivity index (χ2v) is 3.28. The summed E-state index contributed by atoms with van der Waals surface area (Å²) in [5.41, 5.74) is 8.50. The molecular weight excluding hydrogens is 176 g/mol. The molecule has 2 N–H and O–H groups in total. The van der Waals surface area contributed by atoms with Crippen LogP contribution >= 0.6 is 0 Å². The van der Waals surface area contributed by atoms with Gasteiger partial charge in [-0.15, -0.1) is 0 Å². The van der Waals surface area contributed by atoms with Crippen molar-refractivity contribution in [1.29, 1.82) is 0 Å². The van der Waals surface area contributed by atoms with Gasteiger partial charge in [0.25, 0.3) is 0 Å². The molecule has 0 aliphatic heterocycles. The van der Waals surface area contributed by atoms with Crippen molar-refractivity contribution in [2.24, 2.45) is 0 Å². The smallest absolute Gasteiger partial charge is 0.213 e. The summed E-state index contributed by atoms with van der Waals surface area (Å²) in [4.78, 5) is 4.29. The van der Waals surface area contributed by atoms with Crippen molar-refractivity contribution in [2.45, 2.75) is 6.92 Å². The molecule has 0 fully saturated rings. The maximum Gasteiger partial charge on any atom is 0.213 e. The Morgan fingerprint density at radius 3 is 2.79 bits per heavy atom. The summed E-state index contributed by atoms with van der Waals surface area (Å²) in [5.74, 6) is 0.591. The predicted octanol–water partition coefficient (Wildman–Crippen LogP) is 2.13. The quantitative estimate of drug-likeness (QED) is 0.697. The first-order valence-electron chi connectivity index (χ1n) is 4.41. The fourth-order valence-electron chi connectivity index (χ4n) is 1.51. The molecule has 1 heterocycles. The lowest BCUT2D eigenvalue weighted by Crippen LogP contribution is -1.93. The average Bonchev–Trinajstić information content (AvgIpc) is 2.17. The number of rotatable bonds is 1. The molecule has 0 unspecified atom stereocenters. The molecule has 0 saturated carbocycles. The van der Waals surface area contributed by atoms with Crippen LogP contribution in [0.4, 0.5) is 5.69 Å². The molecular formula is C11H12N2O. The SMILES string of the molecule is COc1ccc2cc(C)cc(N)c2n1. The number of nitrogen functional groups attached to an aromatic ring is 1. The Morgan fingerprint density at radius 1 is 1.29 bits per heavy atom. The fourth-order valence-corrected chi connectivity index (χ4v) is 1.51. The minimum atomic E-state index is 0.591. The predicted molar refractivity (Wildman–Crippen MR) is 57.4 cm³/mol. The summed E-state index contributed by atoms with van der Waals surface area (Å²) in [7, 11) is 1.60. The van der Waals surface area contributed by atoms with Crippen LogP contribution in [0.2, 0.25) is 0 Å². The molecule has 72 valence electrons. The minimum Gasteiger partial charge on any atom is -0.481 e. The first-order valence-corrected chi connectivity index (χ1v) is 4.41. The molecule has 0 bridgehead atoms. The normalized spacial score (nSPS) is 10.4. The van der Waals surface area contributed by atoms with Crippen LogP contribution in [0.3, 0.4) is 0 Å². The van der Waals surface area contributed by atoms with Gasteiger partial charge in [-0.25, -0.2) is 4.98 Å². The molecule has 0 amide bonds. The lowest BCUT2D eigenvalue weighted by molar-refractivity contribution is 0.399. The number of hydrogen-bond acceptors (Lipinski definition) is 3. The van der Waals surface area contributed by atoms with Crippen LogP contribution < -0.4 is 10.5 Å². The zero-order valence-corrected chi connectivity index (χ0v) is 8.24. The van der Waals surface area contributed by atoms with Gasteiger partial charge < -0.3 is 10.5 Å². The third-order valence-electron chi connectivity index (χ3n) is 2.15. The highest BCUT2D eigenvalue weighted by Gasteiger charge is 2.02. The van der Waals surface area contributed by atoms with E-state index in [-0.39, 0.29) is 0 Å².